The fraction of sp³-hybridized carbons (Fsp3) is 0.533. The highest BCUT2D eigenvalue weighted by Gasteiger charge is 2.29. The molecule has 0 atom stereocenters. The molecular formula is C15H20BrN3. The van der Waals surface area contributed by atoms with Crippen molar-refractivity contribution in [1.29, 1.82) is 0 Å². The molecule has 0 amide bonds. The van der Waals surface area contributed by atoms with Crippen molar-refractivity contribution in [2.45, 2.75) is 32.0 Å². The molecule has 3 heterocycles. The quantitative estimate of drug-likeness (QED) is 0.783. The second-order valence-corrected chi connectivity index (χ2v) is 6.69. The minimum atomic E-state index is 0.387. The molecule has 1 aliphatic heterocycles. The van der Waals surface area contributed by atoms with Gasteiger partial charge in [0, 0.05) is 24.6 Å². The first-order valence-corrected chi connectivity index (χ1v) is 8.00. The maximum absolute atomic E-state index is 4.83. The number of imidazole rings is 1. The molecule has 0 aromatic carbocycles. The van der Waals surface area contributed by atoms with Crippen LogP contribution < -0.4 is 4.90 Å². The summed E-state index contributed by atoms with van der Waals surface area (Å²) in [5.41, 5.74) is 2.68. The van der Waals surface area contributed by atoms with Gasteiger partial charge in [0.05, 0.1) is 5.69 Å². The van der Waals surface area contributed by atoms with Gasteiger partial charge in [0.2, 0.25) is 0 Å². The highest BCUT2D eigenvalue weighted by Crippen LogP contribution is 2.33. The Balaban J connectivity index is 2.04. The Morgan fingerprint density at radius 3 is 2.95 bits per heavy atom. The normalized spacial score (nSPS) is 19.0. The van der Waals surface area contributed by atoms with Gasteiger partial charge in [-0.1, -0.05) is 35.8 Å². The summed E-state index contributed by atoms with van der Waals surface area (Å²) in [6, 6.07) is 6.18. The summed E-state index contributed by atoms with van der Waals surface area (Å²) in [5, 5.41) is 0.838. The molecule has 3 nitrogen and oxygen atoms in total. The standard InChI is InChI=1S/C15H20BrN3/c1-15(2)7-5-8-18(11-15)14-12(10-16)19-9-4-3-6-13(19)17-14/h3-4,6,9H,5,7-8,10-11H2,1-2H3. The topological polar surface area (TPSA) is 20.5 Å². The summed E-state index contributed by atoms with van der Waals surface area (Å²) < 4.78 is 2.19. The molecule has 0 saturated carbocycles. The monoisotopic (exact) mass is 321 g/mol. The maximum atomic E-state index is 4.83. The lowest BCUT2D eigenvalue weighted by Crippen LogP contribution is -2.40. The van der Waals surface area contributed by atoms with E-state index in [1.165, 1.54) is 18.5 Å². The van der Waals surface area contributed by atoms with Crippen LogP contribution in [0.2, 0.25) is 0 Å². The Morgan fingerprint density at radius 1 is 1.37 bits per heavy atom. The van der Waals surface area contributed by atoms with Gasteiger partial charge >= 0.3 is 0 Å². The minimum Gasteiger partial charge on any atom is -0.355 e. The van der Waals surface area contributed by atoms with Crippen LogP contribution >= 0.6 is 15.9 Å². The van der Waals surface area contributed by atoms with Crippen LogP contribution in [0.15, 0.2) is 24.4 Å². The van der Waals surface area contributed by atoms with Crippen molar-refractivity contribution in [3.05, 3.63) is 30.1 Å². The van der Waals surface area contributed by atoms with Gasteiger partial charge < -0.3 is 9.30 Å². The molecule has 0 radical (unpaired) electrons. The summed E-state index contributed by atoms with van der Waals surface area (Å²) in [4.78, 5) is 7.28. The average Bonchev–Trinajstić information content (AvgIpc) is 2.76. The number of fused-ring (bicyclic) bond motifs is 1. The maximum Gasteiger partial charge on any atom is 0.152 e. The molecule has 2 aromatic rings. The molecule has 0 unspecified atom stereocenters. The summed E-state index contributed by atoms with van der Waals surface area (Å²) >= 11 is 3.62. The van der Waals surface area contributed by atoms with E-state index in [0.29, 0.717) is 5.41 Å². The molecule has 0 spiro atoms. The first-order valence-electron chi connectivity index (χ1n) is 6.88. The third-order valence-electron chi connectivity index (χ3n) is 3.93. The van der Waals surface area contributed by atoms with Crippen LogP contribution in [-0.4, -0.2) is 22.5 Å². The van der Waals surface area contributed by atoms with Gasteiger partial charge in [0.15, 0.2) is 5.82 Å². The number of anilines is 1. The van der Waals surface area contributed by atoms with Crippen LogP contribution in [0.3, 0.4) is 0 Å². The van der Waals surface area contributed by atoms with E-state index < -0.39 is 0 Å². The predicted octanol–water partition coefficient (Wildman–Crippen LogP) is 3.86. The highest BCUT2D eigenvalue weighted by molar-refractivity contribution is 9.08. The van der Waals surface area contributed by atoms with Gasteiger partial charge in [-0.15, -0.1) is 0 Å². The molecule has 1 fully saturated rings. The van der Waals surface area contributed by atoms with Crippen LogP contribution in [0.4, 0.5) is 5.82 Å². The lowest BCUT2D eigenvalue weighted by atomic mass is 9.84. The van der Waals surface area contributed by atoms with Crippen LogP contribution in [0.25, 0.3) is 5.65 Å². The van der Waals surface area contributed by atoms with Gasteiger partial charge in [-0.3, -0.25) is 0 Å². The molecule has 102 valence electrons. The summed E-state index contributed by atoms with van der Waals surface area (Å²) in [6.45, 7) is 6.91. The smallest absolute Gasteiger partial charge is 0.152 e. The van der Waals surface area contributed by atoms with E-state index in [4.69, 9.17) is 4.98 Å². The van der Waals surface area contributed by atoms with E-state index in [1.54, 1.807) is 0 Å². The van der Waals surface area contributed by atoms with Crippen molar-refractivity contribution in [3.63, 3.8) is 0 Å². The number of rotatable bonds is 2. The fourth-order valence-corrected chi connectivity index (χ4v) is 3.54. The molecule has 1 aliphatic rings. The second-order valence-electron chi connectivity index (χ2n) is 6.13. The Bertz CT molecular complexity index is 588. The molecule has 19 heavy (non-hydrogen) atoms. The number of halogens is 1. The molecule has 0 aliphatic carbocycles. The number of hydrogen-bond donors (Lipinski definition) is 0. The number of alkyl halides is 1. The predicted molar refractivity (Wildman–Crippen MR) is 83.1 cm³/mol. The van der Waals surface area contributed by atoms with Crippen LogP contribution in [0, 0.1) is 5.41 Å². The average molecular weight is 322 g/mol. The van der Waals surface area contributed by atoms with Crippen molar-refractivity contribution >= 4 is 27.4 Å². The summed E-state index contributed by atoms with van der Waals surface area (Å²) in [7, 11) is 0. The minimum absolute atomic E-state index is 0.387. The summed E-state index contributed by atoms with van der Waals surface area (Å²) in [5.74, 6) is 1.15. The number of aromatic nitrogens is 2. The molecule has 3 rings (SSSR count). The van der Waals surface area contributed by atoms with Crippen molar-refractivity contribution in [2.24, 2.45) is 5.41 Å². The Labute approximate surface area is 122 Å². The first-order chi connectivity index (χ1) is 9.11. The van der Waals surface area contributed by atoms with E-state index in [0.717, 1.165) is 29.9 Å². The molecule has 2 aromatic heterocycles. The van der Waals surface area contributed by atoms with Gasteiger partial charge in [-0.05, 0) is 30.4 Å². The van der Waals surface area contributed by atoms with Gasteiger partial charge in [0.25, 0.3) is 0 Å². The number of nitrogens with zero attached hydrogens (tertiary/aromatic N) is 3. The van der Waals surface area contributed by atoms with Crippen molar-refractivity contribution in [3.8, 4) is 0 Å². The molecular weight excluding hydrogens is 302 g/mol. The Kier molecular flexibility index (Phi) is 3.29. The van der Waals surface area contributed by atoms with E-state index in [1.807, 2.05) is 6.07 Å². The zero-order chi connectivity index (χ0) is 13.5. The summed E-state index contributed by atoms with van der Waals surface area (Å²) in [6.07, 6.45) is 4.65. The second kappa shape index (κ2) is 4.82. The zero-order valence-corrected chi connectivity index (χ0v) is 13.2. The first kappa shape index (κ1) is 13.0. The number of hydrogen-bond acceptors (Lipinski definition) is 2. The van der Waals surface area contributed by atoms with E-state index >= 15 is 0 Å². The van der Waals surface area contributed by atoms with Crippen LogP contribution in [0.1, 0.15) is 32.4 Å². The SMILES string of the molecule is CC1(C)CCCN(c2nc3ccccn3c2CBr)C1. The Hall–Kier alpha value is -1.03. The molecule has 4 heteroatoms. The molecule has 0 bridgehead atoms. The fourth-order valence-electron chi connectivity index (χ4n) is 3.02. The third-order valence-corrected chi connectivity index (χ3v) is 4.47. The van der Waals surface area contributed by atoms with E-state index in [-0.39, 0.29) is 0 Å². The Morgan fingerprint density at radius 2 is 2.21 bits per heavy atom. The van der Waals surface area contributed by atoms with Crippen molar-refractivity contribution in [2.75, 3.05) is 18.0 Å². The van der Waals surface area contributed by atoms with E-state index in [2.05, 4.69) is 57.4 Å². The van der Waals surface area contributed by atoms with Crippen molar-refractivity contribution in [1.82, 2.24) is 9.38 Å². The largest absolute Gasteiger partial charge is 0.355 e. The zero-order valence-electron chi connectivity index (χ0n) is 11.6. The number of piperidine rings is 1. The van der Waals surface area contributed by atoms with E-state index in [9.17, 15) is 0 Å². The third kappa shape index (κ3) is 2.38. The van der Waals surface area contributed by atoms with Crippen LogP contribution in [0.5, 0.6) is 0 Å². The lowest BCUT2D eigenvalue weighted by Gasteiger charge is -2.38. The van der Waals surface area contributed by atoms with Gasteiger partial charge in [0.1, 0.15) is 5.65 Å². The highest BCUT2D eigenvalue weighted by atomic mass is 79.9. The lowest BCUT2D eigenvalue weighted by molar-refractivity contribution is 0.292. The van der Waals surface area contributed by atoms with Crippen LogP contribution in [-0.2, 0) is 5.33 Å². The van der Waals surface area contributed by atoms with Crippen molar-refractivity contribution < 1.29 is 0 Å². The molecule has 1 saturated heterocycles. The van der Waals surface area contributed by atoms with Gasteiger partial charge in [-0.25, -0.2) is 4.98 Å². The number of pyridine rings is 1. The van der Waals surface area contributed by atoms with Gasteiger partial charge in [-0.2, -0.15) is 0 Å². The molecule has 0 N–H and O–H groups in total.